The lowest BCUT2D eigenvalue weighted by molar-refractivity contribution is 0.262. The van der Waals surface area contributed by atoms with Gasteiger partial charge in [0.05, 0.1) is 49.7 Å². The van der Waals surface area contributed by atoms with Crippen molar-refractivity contribution in [1.29, 1.82) is 0 Å². The minimum Gasteiger partial charge on any atom is -0.358 e. The highest BCUT2D eigenvalue weighted by atomic mass is 35.5. The van der Waals surface area contributed by atoms with Crippen molar-refractivity contribution in [3.63, 3.8) is 0 Å². The van der Waals surface area contributed by atoms with Crippen molar-refractivity contribution in [1.82, 2.24) is 29.5 Å². The number of aromatic nitrogens is 6. The third-order valence-electron chi connectivity index (χ3n) is 6.40. The summed E-state index contributed by atoms with van der Waals surface area (Å²) < 4.78 is 1.45. The summed E-state index contributed by atoms with van der Waals surface area (Å²) in [5.41, 5.74) is 2.28. The van der Waals surface area contributed by atoms with Gasteiger partial charge in [-0.25, -0.2) is 24.7 Å². The SMILES string of the molecule is CC(Nc1ncnc2nc[nH]c12)c1nc2cccc(Cl)c2c(=O)n1-c1cccc(NC(=O)Nc2c(Cl)cccc2Cl)c1. The summed E-state index contributed by atoms with van der Waals surface area (Å²) in [6.45, 7) is 1.85. The van der Waals surface area contributed by atoms with Crippen LogP contribution < -0.4 is 21.5 Å². The molecule has 14 heteroatoms. The van der Waals surface area contributed by atoms with Gasteiger partial charge in [0, 0.05) is 5.69 Å². The zero-order chi connectivity index (χ0) is 29.4. The van der Waals surface area contributed by atoms with Crippen LogP contribution in [0.25, 0.3) is 27.8 Å². The molecule has 3 heterocycles. The number of nitrogens with one attached hydrogen (secondary N) is 4. The van der Waals surface area contributed by atoms with Gasteiger partial charge in [-0.1, -0.05) is 53.0 Å². The Bertz CT molecular complexity index is 2020. The van der Waals surface area contributed by atoms with Crippen LogP contribution >= 0.6 is 34.8 Å². The van der Waals surface area contributed by atoms with Crippen molar-refractivity contribution >= 4 is 80.1 Å². The van der Waals surface area contributed by atoms with Crippen molar-refractivity contribution in [2.24, 2.45) is 0 Å². The molecule has 0 spiro atoms. The van der Waals surface area contributed by atoms with Crippen LogP contribution in [0, 0.1) is 0 Å². The molecule has 0 aliphatic rings. The van der Waals surface area contributed by atoms with E-state index in [1.54, 1.807) is 60.7 Å². The van der Waals surface area contributed by atoms with Gasteiger partial charge in [0.1, 0.15) is 17.7 Å². The number of H-pyrrole nitrogens is 1. The number of carbonyl (C=O) groups excluding carboxylic acids is 1. The Hall–Kier alpha value is -4.71. The third kappa shape index (κ3) is 5.20. The molecule has 0 saturated heterocycles. The van der Waals surface area contributed by atoms with Crippen LogP contribution in [0.15, 0.2) is 78.1 Å². The molecule has 2 amide bonds. The number of imidazole rings is 1. The van der Waals surface area contributed by atoms with Crippen molar-refractivity contribution < 1.29 is 4.79 Å². The number of hydrogen-bond donors (Lipinski definition) is 4. The first-order valence-corrected chi connectivity index (χ1v) is 13.7. The molecule has 3 aromatic carbocycles. The molecule has 11 nitrogen and oxygen atoms in total. The molecule has 3 aromatic heterocycles. The quantitative estimate of drug-likeness (QED) is 0.160. The summed E-state index contributed by atoms with van der Waals surface area (Å²) in [6, 6.07) is 15.7. The number of anilines is 3. The minimum absolute atomic E-state index is 0.262. The number of amides is 2. The van der Waals surface area contributed by atoms with Gasteiger partial charge in [-0.15, -0.1) is 0 Å². The van der Waals surface area contributed by atoms with Crippen molar-refractivity contribution in [2.45, 2.75) is 13.0 Å². The van der Waals surface area contributed by atoms with Crippen LogP contribution in [0.2, 0.25) is 15.1 Å². The third-order valence-corrected chi connectivity index (χ3v) is 7.34. The number of benzene rings is 3. The first-order chi connectivity index (χ1) is 20.3. The van der Waals surface area contributed by atoms with Gasteiger partial charge in [0.25, 0.3) is 5.56 Å². The smallest absolute Gasteiger partial charge is 0.323 e. The number of hydrogen-bond acceptors (Lipinski definition) is 7. The Balaban J connectivity index is 1.40. The largest absolute Gasteiger partial charge is 0.358 e. The summed E-state index contributed by atoms with van der Waals surface area (Å²) in [6.07, 6.45) is 2.92. The monoisotopic (exact) mass is 619 g/mol. The number of rotatable bonds is 6. The van der Waals surface area contributed by atoms with Gasteiger partial charge < -0.3 is 20.9 Å². The van der Waals surface area contributed by atoms with Crippen LogP contribution in [0.1, 0.15) is 18.8 Å². The van der Waals surface area contributed by atoms with Gasteiger partial charge in [-0.2, -0.15) is 0 Å². The normalized spacial score (nSPS) is 11.9. The van der Waals surface area contributed by atoms with Crippen LogP contribution in [0.4, 0.5) is 22.0 Å². The number of nitrogens with zero attached hydrogens (tertiary/aromatic N) is 5. The van der Waals surface area contributed by atoms with E-state index >= 15 is 0 Å². The van der Waals surface area contributed by atoms with Crippen molar-refractivity contribution in [3.8, 4) is 5.69 Å². The van der Waals surface area contributed by atoms with E-state index in [2.05, 4.69) is 35.9 Å². The summed E-state index contributed by atoms with van der Waals surface area (Å²) in [7, 11) is 0. The lowest BCUT2D eigenvalue weighted by Gasteiger charge is -2.21. The van der Waals surface area contributed by atoms with E-state index in [9.17, 15) is 9.59 Å². The van der Waals surface area contributed by atoms with E-state index in [0.717, 1.165) is 0 Å². The average molecular weight is 621 g/mol. The molecule has 0 aliphatic carbocycles. The standard InChI is InChI=1S/C28H20Cl3N9O2/c1-14(36-25-23-24(33-12-32-23)34-13-35-25)26-38-20-10-4-7-17(29)21(20)27(41)40(26)16-6-2-5-15(11-16)37-28(42)39-22-18(30)8-3-9-19(22)31/h2-14H,1H3,(H2,37,39,42)(H2,32,33,34,35,36). The van der Waals surface area contributed by atoms with Gasteiger partial charge in [-0.05, 0) is 49.4 Å². The Morgan fingerprint density at radius 2 is 1.67 bits per heavy atom. The highest BCUT2D eigenvalue weighted by Crippen LogP contribution is 2.30. The molecule has 1 atom stereocenters. The van der Waals surface area contributed by atoms with Gasteiger partial charge in [-0.3, -0.25) is 9.36 Å². The summed E-state index contributed by atoms with van der Waals surface area (Å²) in [5, 5.41) is 9.83. The molecule has 6 rings (SSSR count). The maximum atomic E-state index is 14.0. The highest BCUT2D eigenvalue weighted by molar-refractivity contribution is 6.39. The number of fused-ring (bicyclic) bond motifs is 2. The number of para-hydroxylation sites is 1. The summed E-state index contributed by atoms with van der Waals surface area (Å²) in [5.74, 6) is 0.868. The highest BCUT2D eigenvalue weighted by Gasteiger charge is 2.21. The second-order valence-electron chi connectivity index (χ2n) is 9.16. The van der Waals surface area contributed by atoms with Crippen LogP contribution in [0.5, 0.6) is 0 Å². The molecule has 6 aromatic rings. The predicted octanol–water partition coefficient (Wildman–Crippen LogP) is 6.83. The fraction of sp³-hybridized carbons (Fsp3) is 0.0714. The topological polar surface area (TPSA) is 143 Å². The zero-order valence-corrected chi connectivity index (χ0v) is 24.0. The van der Waals surface area contributed by atoms with Crippen molar-refractivity contribution in [2.75, 3.05) is 16.0 Å². The lowest BCUT2D eigenvalue weighted by Crippen LogP contribution is -2.28. The zero-order valence-electron chi connectivity index (χ0n) is 21.7. The molecule has 0 bridgehead atoms. The van der Waals surface area contributed by atoms with E-state index in [1.807, 2.05) is 6.92 Å². The molecule has 0 aliphatic heterocycles. The Kier molecular flexibility index (Phi) is 7.38. The van der Waals surface area contributed by atoms with Gasteiger partial charge in [0.15, 0.2) is 11.5 Å². The van der Waals surface area contributed by atoms with Crippen molar-refractivity contribution in [3.05, 3.63) is 105 Å². The van der Waals surface area contributed by atoms with Gasteiger partial charge in [0.2, 0.25) is 0 Å². The first-order valence-electron chi connectivity index (χ1n) is 12.5. The first kappa shape index (κ1) is 27.5. The number of carbonyl (C=O) groups is 1. The molecule has 1 unspecified atom stereocenters. The Morgan fingerprint density at radius 3 is 2.48 bits per heavy atom. The molecule has 0 radical (unpaired) electrons. The average Bonchev–Trinajstić information content (AvgIpc) is 3.45. The number of aromatic amines is 1. The predicted molar refractivity (Wildman–Crippen MR) is 165 cm³/mol. The Morgan fingerprint density at radius 1 is 0.929 bits per heavy atom. The Labute approximate surface area is 252 Å². The summed E-state index contributed by atoms with van der Waals surface area (Å²) in [4.78, 5) is 47.3. The maximum Gasteiger partial charge on any atom is 0.323 e. The molecular weight excluding hydrogens is 601 g/mol. The molecule has 0 fully saturated rings. The molecule has 210 valence electrons. The second kappa shape index (κ2) is 11.3. The molecule has 0 saturated carbocycles. The number of halogens is 3. The van der Waals surface area contributed by atoms with Crippen LogP contribution in [0.3, 0.4) is 0 Å². The van der Waals surface area contributed by atoms with E-state index in [-0.39, 0.29) is 21.7 Å². The van der Waals surface area contributed by atoms with E-state index < -0.39 is 12.1 Å². The number of urea groups is 1. The van der Waals surface area contributed by atoms with Gasteiger partial charge >= 0.3 is 6.03 Å². The minimum atomic E-state index is -0.572. The van der Waals surface area contributed by atoms with E-state index in [0.29, 0.717) is 49.7 Å². The van der Waals surface area contributed by atoms with E-state index in [4.69, 9.17) is 39.8 Å². The van der Waals surface area contributed by atoms with Crippen LogP contribution in [-0.2, 0) is 0 Å². The second-order valence-corrected chi connectivity index (χ2v) is 10.4. The molecular formula is C28H20Cl3N9O2. The fourth-order valence-corrected chi connectivity index (χ4v) is 5.25. The molecule has 4 N–H and O–H groups in total. The fourth-order valence-electron chi connectivity index (χ4n) is 4.51. The van der Waals surface area contributed by atoms with Crippen LogP contribution in [-0.4, -0.2) is 35.5 Å². The molecule has 42 heavy (non-hydrogen) atoms. The van der Waals surface area contributed by atoms with E-state index in [1.165, 1.54) is 17.2 Å². The lowest BCUT2D eigenvalue weighted by atomic mass is 10.2. The summed E-state index contributed by atoms with van der Waals surface area (Å²) >= 11 is 18.8. The maximum absolute atomic E-state index is 14.0.